The Balaban J connectivity index is 3.03. The largest absolute Gasteiger partial charge is 0.391 e. The second-order valence-corrected chi connectivity index (χ2v) is 3.98. The highest BCUT2D eigenvalue weighted by molar-refractivity contribution is 4.85. The van der Waals surface area contributed by atoms with Crippen LogP contribution in [0.3, 0.4) is 0 Å². The Morgan fingerprint density at radius 3 is 2.40 bits per heavy atom. The van der Waals surface area contributed by atoms with Gasteiger partial charge in [0.1, 0.15) is 0 Å². The Hall–Kier alpha value is -1.36. The summed E-state index contributed by atoms with van der Waals surface area (Å²) in [6, 6.07) is 0. The van der Waals surface area contributed by atoms with Gasteiger partial charge >= 0.3 is 11.1 Å². The molecule has 84 valence electrons. The van der Waals surface area contributed by atoms with E-state index in [1.165, 1.54) is 28.6 Å². The monoisotopic (exact) mass is 212 g/mol. The van der Waals surface area contributed by atoms with Crippen LogP contribution in [0.5, 0.6) is 0 Å². The van der Waals surface area contributed by atoms with Gasteiger partial charge in [-0.05, 0) is 5.92 Å². The van der Waals surface area contributed by atoms with E-state index >= 15 is 0 Å². The van der Waals surface area contributed by atoms with E-state index < -0.39 is 17.2 Å². The number of aliphatic hydroxyl groups is 1. The molecule has 1 heterocycles. The van der Waals surface area contributed by atoms with Crippen molar-refractivity contribution in [3.8, 4) is 0 Å². The molecule has 0 bridgehead atoms. The molecule has 0 amide bonds. The molecule has 0 aliphatic rings. The van der Waals surface area contributed by atoms with Crippen LogP contribution in [0.25, 0.3) is 0 Å². The van der Waals surface area contributed by atoms with Crippen molar-refractivity contribution < 1.29 is 5.11 Å². The zero-order valence-electron chi connectivity index (χ0n) is 9.17. The van der Waals surface area contributed by atoms with Gasteiger partial charge in [0.25, 0.3) is 0 Å². The zero-order chi connectivity index (χ0) is 11.6. The van der Waals surface area contributed by atoms with Crippen LogP contribution in [0.2, 0.25) is 0 Å². The fourth-order valence-electron chi connectivity index (χ4n) is 1.15. The summed E-state index contributed by atoms with van der Waals surface area (Å²) in [6.45, 7) is 3.88. The third kappa shape index (κ3) is 2.56. The second-order valence-electron chi connectivity index (χ2n) is 3.98. The highest BCUT2D eigenvalue weighted by Crippen LogP contribution is 2.02. The third-order valence-electron chi connectivity index (χ3n) is 2.39. The molecule has 0 saturated carbocycles. The van der Waals surface area contributed by atoms with E-state index in [0.29, 0.717) is 0 Å². The van der Waals surface area contributed by atoms with Crippen LogP contribution in [0, 0.1) is 5.92 Å². The summed E-state index contributed by atoms with van der Waals surface area (Å²) in [6.07, 6.45) is 2.40. The fraction of sp³-hybridized carbons (Fsp3) is 0.600. The van der Waals surface area contributed by atoms with Crippen LogP contribution in [0.4, 0.5) is 0 Å². The summed E-state index contributed by atoms with van der Waals surface area (Å²) >= 11 is 0. The molecular weight excluding hydrogens is 196 g/mol. The molecule has 5 heteroatoms. The summed E-state index contributed by atoms with van der Waals surface area (Å²) in [5, 5.41) is 9.60. The predicted octanol–water partition coefficient (Wildman–Crippen LogP) is -0.436. The normalized spacial score (nSPS) is 13.1. The lowest BCUT2D eigenvalue weighted by Gasteiger charge is -2.15. The van der Waals surface area contributed by atoms with Gasteiger partial charge in [0.2, 0.25) is 0 Å². The molecule has 0 saturated heterocycles. The Kier molecular flexibility index (Phi) is 3.47. The first-order valence-corrected chi connectivity index (χ1v) is 4.87. The van der Waals surface area contributed by atoms with Crippen molar-refractivity contribution in [3.05, 3.63) is 33.1 Å². The minimum Gasteiger partial charge on any atom is -0.391 e. The number of hydrogen-bond acceptors (Lipinski definition) is 3. The molecule has 1 unspecified atom stereocenters. The lowest BCUT2D eigenvalue weighted by molar-refractivity contribution is 0.105. The summed E-state index contributed by atoms with van der Waals surface area (Å²) in [4.78, 5) is 22.8. The number of rotatable bonds is 3. The Bertz CT molecular complexity index is 445. The van der Waals surface area contributed by atoms with E-state index in [2.05, 4.69) is 0 Å². The lowest BCUT2D eigenvalue weighted by Crippen LogP contribution is -2.41. The van der Waals surface area contributed by atoms with Crippen LogP contribution in [0.1, 0.15) is 13.8 Å². The van der Waals surface area contributed by atoms with Gasteiger partial charge in [0.05, 0.1) is 12.6 Å². The first kappa shape index (κ1) is 11.7. The van der Waals surface area contributed by atoms with Gasteiger partial charge in [0, 0.05) is 19.4 Å². The van der Waals surface area contributed by atoms with Gasteiger partial charge in [-0.3, -0.25) is 9.59 Å². The van der Waals surface area contributed by atoms with Crippen molar-refractivity contribution in [2.75, 3.05) is 0 Å². The highest BCUT2D eigenvalue weighted by atomic mass is 16.3. The third-order valence-corrected chi connectivity index (χ3v) is 2.39. The molecule has 15 heavy (non-hydrogen) atoms. The second kappa shape index (κ2) is 4.44. The summed E-state index contributed by atoms with van der Waals surface area (Å²) in [5.74, 6) is 0.0564. The van der Waals surface area contributed by atoms with Crippen LogP contribution in [0.15, 0.2) is 22.0 Å². The molecule has 1 aromatic heterocycles. The first-order valence-electron chi connectivity index (χ1n) is 4.87. The molecule has 0 aliphatic carbocycles. The Morgan fingerprint density at radius 1 is 1.27 bits per heavy atom. The van der Waals surface area contributed by atoms with Crippen molar-refractivity contribution in [2.24, 2.45) is 13.0 Å². The van der Waals surface area contributed by atoms with Gasteiger partial charge in [-0.2, -0.15) is 0 Å². The summed E-state index contributed by atoms with van der Waals surface area (Å²) in [7, 11) is 1.52. The molecule has 0 radical (unpaired) electrons. The predicted molar refractivity (Wildman–Crippen MR) is 56.8 cm³/mol. The van der Waals surface area contributed by atoms with Gasteiger partial charge in [0.15, 0.2) is 0 Å². The summed E-state index contributed by atoms with van der Waals surface area (Å²) in [5.41, 5.74) is -1.17. The number of nitrogens with zero attached hydrogens (tertiary/aromatic N) is 2. The average molecular weight is 212 g/mol. The van der Waals surface area contributed by atoms with E-state index in [9.17, 15) is 14.7 Å². The van der Waals surface area contributed by atoms with Crippen molar-refractivity contribution in [1.29, 1.82) is 0 Å². The quantitative estimate of drug-likeness (QED) is 0.691. The van der Waals surface area contributed by atoms with E-state index in [4.69, 9.17) is 0 Å². The SMILES string of the molecule is CC(C)C(O)Cn1ccn(C)c(=O)c1=O. The highest BCUT2D eigenvalue weighted by Gasteiger charge is 2.11. The standard InChI is InChI=1S/C10H16N2O3/c1-7(2)8(13)6-12-5-4-11(3)9(14)10(12)15/h4-5,7-8,13H,6H2,1-3H3. The summed E-state index contributed by atoms with van der Waals surface area (Å²) < 4.78 is 2.47. The molecule has 1 N–H and O–H groups in total. The van der Waals surface area contributed by atoms with Gasteiger partial charge in [-0.1, -0.05) is 13.8 Å². The Labute approximate surface area is 87.6 Å². The van der Waals surface area contributed by atoms with E-state index in [1.807, 2.05) is 13.8 Å². The molecule has 1 aromatic rings. The maximum atomic E-state index is 11.5. The number of hydrogen-bond donors (Lipinski definition) is 1. The van der Waals surface area contributed by atoms with Gasteiger partial charge < -0.3 is 14.2 Å². The van der Waals surface area contributed by atoms with Gasteiger partial charge in [-0.25, -0.2) is 0 Å². The number of aliphatic hydroxyl groups excluding tert-OH is 1. The van der Waals surface area contributed by atoms with Crippen LogP contribution >= 0.6 is 0 Å². The molecule has 0 spiro atoms. The van der Waals surface area contributed by atoms with E-state index in [-0.39, 0.29) is 12.5 Å². The number of aryl methyl sites for hydroxylation is 1. The minimum atomic E-state index is -0.616. The Morgan fingerprint density at radius 2 is 1.87 bits per heavy atom. The minimum absolute atomic E-state index is 0.0564. The van der Waals surface area contributed by atoms with Gasteiger partial charge in [-0.15, -0.1) is 0 Å². The average Bonchev–Trinajstić information content (AvgIpc) is 2.18. The zero-order valence-corrected chi connectivity index (χ0v) is 9.17. The molecule has 1 rings (SSSR count). The van der Waals surface area contributed by atoms with E-state index in [0.717, 1.165) is 0 Å². The number of aromatic nitrogens is 2. The lowest BCUT2D eigenvalue weighted by atomic mass is 10.1. The molecule has 0 aliphatic heterocycles. The topological polar surface area (TPSA) is 64.2 Å². The van der Waals surface area contributed by atoms with Crippen molar-refractivity contribution >= 4 is 0 Å². The first-order chi connectivity index (χ1) is 6.93. The fourth-order valence-corrected chi connectivity index (χ4v) is 1.15. The van der Waals surface area contributed by atoms with Crippen LogP contribution in [-0.2, 0) is 13.6 Å². The molecular formula is C10H16N2O3. The molecule has 0 fully saturated rings. The van der Waals surface area contributed by atoms with Crippen molar-refractivity contribution in [1.82, 2.24) is 9.13 Å². The van der Waals surface area contributed by atoms with Crippen LogP contribution in [-0.4, -0.2) is 20.3 Å². The maximum Gasteiger partial charge on any atom is 0.316 e. The van der Waals surface area contributed by atoms with Crippen molar-refractivity contribution in [2.45, 2.75) is 26.5 Å². The van der Waals surface area contributed by atoms with Crippen LogP contribution < -0.4 is 11.1 Å². The maximum absolute atomic E-state index is 11.5. The molecule has 5 nitrogen and oxygen atoms in total. The molecule has 0 aromatic carbocycles. The molecule has 1 atom stereocenters. The van der Waals surface area contributed by atoms with E-state index in [1.54, 1.807) is 0 Å². The smallest absolute Gasteiger partial charge is 0.316 e. The van der Waals surface area contributed by atoms with Crippen molar-refractivity contribution in [3.63, 3.8) is 0 Å².